The molecule has 4 nitrogen and oxygen atoms in total. The van der Waals surface area contributed by atoms with Crippen molar-refractivity contribution < 1.29 is 17.3 Å². The molecule has 4 aliphatic carbocycles. The third-order valence-electron chi connectivity index (χ3n) is 10.3. The van der Waals surface area contributed by atoms with Gasteiger partial charge in [-0.1, -0.05) is 31.5 Å². The zero-order valence-electron chi connectivity index (χ0n) is 19.0. The van der Waals surface area contributed by atoms with Gasteiger partial charge in [-0.2, -0.15) is 8.42 Å². The fourth-order valence-electron chi connectivity index (χ4n) is 8.54. The first-order chi connectivity index (χ1) is 14.7. The summed E-state index contributed by atoms with van der Waals surface area (Å²) in [6, 6.07) is 7.00. The quantitative estimate of drug-likeness (QED) is 0.457. The molecule has 1 aromatic rings. The molecule has 1 saturated heterocycles. The van der Waals surface area contributed by atoms with Crippen molar-refractivity contribution >= 4 is 10.1 Å². The molecule has 0 radical (unpaired) electrons. The van der Waals surface area contributed by atoms with Gasteiger partial charge in [0.2, 0.25) is 0 Å². The summed E-state index contributed by atoms with van der Waals surface area (Å²) in [4.78, 5) is 0.281. The van der Waals surface area contributed by atoms with Crippen molar-refractivity contribution in [3.8, 4) is 0 Å². The molecule has 0 unspecified atom stereocenters. The van der Waals surface area contributed by atoms with Gasteiger partial charge in [0.1, 0.15) is 0 Å². The highest BCUT2D eigenvalue weighted by molar-refractivity contribution is 7.86. The van der Waals surface area contributed by atoms with Crippen molar-refractivity contribution in [2.75, 3.05) is 0 Å². The first-order valence-corrected chi connectivity index (χ1v) is 13.8. The van der Waals surface area contributed by atoms with E-state index in [0.29, 0.717) is 29.0 Å². The average Bonchev–Trinajstić information content (AvgIpc) is 3.45. The van der Waals surface area contributed by atoms with Crippen LogP contribution in [0.5, 0.6) is 0 Å². The van der Waals surface area contributed by atoms with Crippen molar-refractivity contribution in [2.24, 2.45) is 34.5 Å². The van der Waals surface area contributed by atoms with Gasteiger partial charge < -0.3 is 4.74 Å². The Morgan fingerprint density at radius 1 is 0.935 bits per heavy atom. The van der Waals surface area contributed by atoms with E-state index in [-0.39, 0.29) is 11.0 Å². The summed E-state index contributed by atoms with van der Waals surface area (Å²) in [5.41, 5.74) is 1.81. The second-order valence-electron chi connectivity index (χ2n) is 11.8. The zero-order valence-corrected chi connectivity index (χ0v) is 19.9. The summed E-state index contributed by atoms with van der Waals surface area (Å²) in [6.07, 6.45) is 10.2. The maximum Gasteiger partial charge on any atom is 0.297 e. The Morgan fingerprint density at radius 3 is 2.45 bits per heavy atom. The van der Waals surface area contributed by atoms with Crippen LogP contribution in [0.3, 0.4) is 0 Å². The van der Waals surface area contributed by atoms with Crippen LogP contribution in [0.25, 0.3) is 0 Å². The van der Waals surface area contributed by atoms with E-state index in [0.717, 1.165) is 42.6 Å². The van der Waals surface area contributed by atoms with E-state index in [1.807, 2.05) is 19.1 Å². The number of fused-ring (bicyclic) bond motifs is 7. The Morgan fingerprint density at radius 2 is 1.68 bits per heavy atom. The minimum absolute atomic E-state index is 0.178. The predicted octanol–water partition coefficient (Wildman–Crippen LogP) is 5.49. The van der Waals surface area contributed by atoms with E-state index in [1.165, 1.54) is 32.1 Å². The molecule has 31 heavy (non-hydrogen) atoms. The minimum Gasteiger partial charge on any atom is -0.369 e. The Bertz CT molecular complexity index is 972. The molecule has 6 rings (SSSR count). The van der Waals surface area contributed by atoms with Gasteiger partial charge in [-0.25, -0.2) is 0 Å². The van der Waals surface area contributed by atoms with Gasteiger partial charge in [0.25, 0.3) is 10.1 Å². The van der Waals surface area contributed by atoms with Crippen LogP contribution in [0.1, 0.15) is 70.8 Å². The summed E-state index contributed by atoms with van der Waals surface area (Å²) in [7, 11) is -3.69. The molecule has 0 aromatic heterocycles. The molecule has 0 bridgehead atoms. The fourth-order valence-corrected chi connectivity index (χ4v) is 9.66. The van der Waals surface area contributed by atoms with E-state index in [9.17, 15) is 8.42 Å². The summed E-state index contributed by atoms with van der Waals surface area (Å²) < 4.78 is 37.4. The molecule has 0 N–H and O–H groups in total. The smallest absolute Gasteiger partial charge is 0.297 e. The lowest BCUT2D eigenvalue weighted by atomic mass is 9.45. The van der Waals surface area contributed by atoms with Crippen LogP contribution in [-0.4, -0.2) is 26.7 Å². The van der Waals surface area contributed by atoms with Gasteiger partial charge in [0, 0.05) is 0 Å². The normalized spacial score (nSPS) is 48.3. The number of hydrogen-bond donors (Lipinski definition) is 0. The maximum atomic E-state index is 12.8. The minimum atomic E-state index is -3.69. The molecular formula is C26H36O4S. The third kappa shape index (κ3) is 3.09. The lowest BCUT2D eigenvalue weighted by molar-refractivity contribution is -0.128. The highest BCUT2D eigenvalue weighted by Crippen LogP contribution is 2.69. The third-order valence-corrected chi connectivity index (χ3v) is 11.7. The maximum absolute atomic E-state index is 12.8. The van der Waals surface area contributed by atoms with Gasteiger partial charge in [-0.3, -0.25) is 4.18 Å². The van der Waals surface area contributed by atoms with E-state index in [2.05, 4.69) is 13.8 Å². The first-order valence-electron chi connectivity index (χ1n) is 12.4. The Balaban J connectivity index is 1.17. The average molecular weight is 445 g/mol. The highest BCUT2D eigenvalue weighted by Gasteiger charge is 2.68. The number of aryl methyl sites for hydroxylation is 1. The Kier molecular flexibility index (Phi) is 4.54. The SMILES string of the molecule is Cc1ccc(S(=O)(=O)O[C@H]2CC[C@@]3(C)[C@@H](CC[C@@H]4[C@@H]3CC[C@@]3(C)[C@H]4C[C@@H]4O[C@@H]43)C2)cc1. The highest BCUT2D eigenvalue weighted by atomic mass is 32.2. The summed E-state index contributed by atoms with van der Waals surface area (Å²) in [5.74, 6) is 3.04. The van der Waals surface area contributed by atoms with Crippen LogP contribution in [0.15, 0.2) is 29.2 Å². The molecule has 5 fully saturated rings. The molecule has 9 atom stereocenters. The van der Waals surface area contributed by atoms with Crippen LogP contribution >= 0.6 is 0 Å². The second-order valence-corrected chi connectivity index (χ2v) is 13.4. The molecule has 5 aliphatic rings. The van der Waals surface area contributed by atoms with Crippen LogP contribution in [-0.2, 0) is 19.0 Å². The van der Waals surface area contributed by atoms with E-state index < -0.39 is 10.1 Å². The van der Waals surface area contributed by atoms with Crippen LogP contribution < -0.4 is 0 Å². The van der Waals surface area contributed by atoms with Gasteiger partial charge in [-0.15, -0.1) is 0 Å². The topological polar surface area (TPSA) is 55.9 Å². The van der Waals surface area contributed by atoms with E-state index in [4.69, 9.17) is 8.92 Å². The molecule has 0 spiro atoms. The molecule has 4 saturated carbocycles. The van der Waals surface area contributed by atoms with Crippen molar-refractivity contribution in [3.63, 3.8) is 0 Å². The predicted molar refractivity (Wildman–Crippen MR) is 119 cm³/mol. The largest absolute Gasteiger partial charge is 0.369 e. The van der Waals surface area contributed by atoms with Crippen LogP contribution in [0.2, 0.25) is 0 Å². The fraction of sp³-hybridized carbons (Fsp3) is 0.769. The number of rotatable bonds is 3. The van der Waals surface area contributed by atoms with E-state index >= 15 is 0 Å². The first kappa shape index (κ1) is 20.7. The van der Waals surface area contributed by atoms with Crippen molar-refractivity contribution in [1.29, 1.82) is 0 Å². The standard InChI is InChI=1S/C26H36O4S/c1-16-4-7-19(8-5-16)31(27,28)30-18-10-12-25(2)17(14-18)6-9-20-21(25)11-13-26(3)22(20)15-23-24(26)29-23/h4-5,7-8,17-18,20-24H,6,9-15H2,1-3H3/t17-,18-,20+,21-,22-,23-,24-,25-,26-/m0/s1. The lowest BCUT2D eigenvalue weighted by Crippen LogP contribution is -2.54. The molecule has 1 aromatic carbocycles. The molecule has 0 amide bonds. The van der Waals surface area contributed by atoms with Crippen molar-refractivity contribution in [1.82, 2.24) is 0 Å². The molecule has 170 valence electrons. The lowest BCUT2D eigenvalue weighted by Gasteiger charge is -2.60. The molecular weight excluding hydrogens is 408 g/mol. The number of ether oxygens (including phenoxy) is 1. The molecule has 5 heteroatoms. The van der Waals surface area contributed by atoms with E-state index in [1.54, 1.807) is 12.1 Å². The van der Waals surface area contributed by atoms with Gasteiger partial charge in [0.15, 0.2) is 0 Å². The Hall–Kier alpha value is -0.910. The number of epoxide rings is 1. The van der Waals surface area contributed by atoms with Gasteiger partial charge >= 0.3 is 0 Å². The van der Waals surface area contributed by atoms with Gasteiger partial charge in [0.05, 0.1) is 23.2 Å². The molecule has 1 heterocycles. The second kappa shape index (κ2) is 6.80. The summed E-state index contributed by atoms with van der Waals surface area (Å²) in [6.45, 7) is 6.99. The van der Waals surface area contributed by atoms with Crippen molar-refractivity contribution in [2.45, 2.75) is 95.3 Å². The summed E-state index contributed by atoms with van der Waals surface area (Å²) >= 11 is 0. The van der Waals surface area contributed by atoms with Crippen LogP contribution in [0.4, 0.5) is 0 Å². The zero-order chi connectivity index (χ0) is 21.6. The summed E-state index contributed by atoms with van der Waals surface area (Å²) in [5, 5.41) is 0. The van der Waals surface area contributed by atoms with Crippen LogP contribution in [0, 0.1) is 41.4 Å². The molecule has 1 aliphatic heterocycles. The monoisotopic (exact) mass is 444 g/mol. The Labute approximate surface area is 187 Å². The van der Waals surface area contributed by atoms with Gasteiger partial charge in [-0.05, 0) is 105 Å². The number of benzene rings is 1. The number of hydrogen-bond acceptors (Lipinski definition) is 4. The van der Waals surface area contributed by atoms with Crippen molar-refractivity contribution in [3.05, 3.63) is 29.8 Å².